The number of aryl methyl sites for hydroxylation is 2. The molecule has 4 rings (SSSR count). The molecule has 0 amide bonds. The molecule has 2 aromatic heterocycles. The molecule has 0 N–H and O–H groups in total. The zero-order valence-corrected chi connectivity index (χ0v) is 14.1. The summed E-state index contributed by atoms with van der Waals surface area (Å²) in [6.45, 7) is 4.98. The fourth-order valence-electron chi connectivity index (χ4n) is 3.88. The van der Waals surface area contributed by atoms with Crippen molar-refractivity contribution in [2.24, 2.45) is 5.92 Å². The van der Waals surface area contributed by atoms with Crippen LogP contribution >= 0.6 is 0 Å². The van der Waals surface area contributed by atoms with Crippen molar-refractivity contribution < 1.29 is 0 Å². The lowest BCUT2D eigenvalue weighted by Gasteiger charge is -2.31. The summed E-state index contributed by atoms with van der Waals surface area (Å²) >= 11 is 0. The van der Waals surface area contributed by atoms with Crippen molar-refractivity contribution in [2.75, 3.05) is 19.6 Å². The Labute approximate surface area is 142 Å². The van der Waals surface area contributed by atoms with E-state index in [-0.39, 0.29) is 5.56 Å². The second kappa shape index (κ2) is 6.89. The smallest absolute Gasteiger partial charge is 0.267 e. The molecule has 0 spiro atoms. The van der Waals surface area contributed by atoms with Gasteiger partial charge in [-0.2, -0.15) is 10.2 Å². The lowest BCUT2D eigenvalue weighted by Crippen LogP contribution is -2.38. The van der Waals surface area contributed by atoms with Gasteiger partial charge in [0.15, 0.2) is 0 Å². The van der Waals surface area contributed by atoms with Gasteiger partial charge in [-0.1, -0.05) is 0 Å². The number of aromatic nitrogens is 4. The zero-order valence-electron chi connectivity index (χ0n) is 14.1. The van der Waals surface area contributed by atoms with E-state index >= 15 is 0 Å². The highest BCUT2D eigenvalue weighted by atomic mass is 16.1. The highest BCUT2D eigenvalue weighted by Crippen LogP contribution is 2.20. The van der Waals surface area contributed by atoms with E-state index in [1.165, 1.54) is 5.56 Å². The van der Waals surface area contributed by atoms with Crippen molar-refractivity contribution in [1.82, 2.24) is 24.5 Å². The number of piperidine rings is 1. The van der Waals surface area contributed by atoms with E-state index in [4.69, 9.17) is 0 Å². The van der Waals surface area contributed by atoms with Crippen molar-refractivity contribution in [3.05, 3.63) is 46.1 Å². The van der Waals surface area contributed by atoms with Crippen LogP contribution in [0, 0.1) is 5.92 Å². The molecule has 0 unspecified atom stereocenters. The second-order valence-electron chi connectivity index (χ2n) is 7.04. The monoisotopic (exact) mass is 327 g/mol. The Balaban J connectivity index is 1.29. The molecule has 1 fully saturated rings. The minimum Gasteiger partial charge on any atom is -0.301 e. The maximum absolute atomic E-state index is 12.2. The molecule has 1 aliphatic carbocycles. The van der Waals surface area contributed by atoms with Gasteiger partial charge in [-0.3, -0.25) is 9.48 Å². The maximum Gasteiger partial charge on any atom is 0.267 e. The molecule has 1 aliphatic heterocycles. The summed E-state index contributed by atoms with van der Waals surface area (Å²) in [5, 5.41) is 8.87. The highest BCUT2D eigenvalue weighted by Gasteiger charge is 2.21. The summed E-state index contributed by atoms with van der Waals surface area (Å²) in [4.78, 5) is 14.7. The van der Waals surface area contributed by atoms with E-state index in [1.54, 1.807) is 4.68 Å². The summed E-state index contributed by atoms with van der Waals surface area (Å²) in [6.07, 6.45) is 9.32. The first-order valence-electron chi connectivity index (χ1n) is 9.07. The average molecular weight is 327 g/mol. The number of hydrogen-bond acceptors (Lipinski definition) is 4. The summed E-state index contributed by atoms with van der Waals surface area (Å²) in [5.74, 6) is 0.565. The first-order chi connectivity index (χ1) is 11.8. The molecule has 24 heavy (non-hydrogen) atoms. The average Bonchev–Trinajstić information content (AvgIpc) is 3.26. The van der Waals surface area contributed by atoms with Gasteiger partial charge in [-0.15, -0.1) is 0 Å². The molecule has 2 aliphatic rings. The fraction of sp³-hybridized carbons (Fsp3) is 0.611. The van der Waals surface area contributed by atoms with Crippen LogP contribution in [-0.2, 0) is 25.9 Å². The van der Waals surface area contributed by atoms with E-state index in [1.807, 2.05) is 29.2 Å². The van der Waals surface area contributed by atoms with Crippen LogP contribution in [0.1, 0.15) is 30.5 Å². The molecular weight excluding hydrogens is 302 g/mol. The molecule has 128 valence electrons. The van der Waals surface area contributed by atoms with E-state index in [0.717, 1.165) is 70.5 Å². The number of fused-ring (bicyclic) bond motifs is 1. The van der Waals surface area contributed by atoms with Crippen molar-refractivity contribution in [1.29, 1.82) is 0 Å². The Hall–Kier alpha value is -1.95. The standard InChI is InChI=1S/C18H25N5O/c24-18-13-16-3-1-4-17(16)20-23(18)14-15-5-9-21(10-6-15)11-12-22-8-2-7-19-22/h2,7-8,13,15H,1,3-6,9-12,14H2. The molecular formula is C18H25N5O. The predicted octanol–water partition coefficient (Wildman–Crippen LogP) is 1.34. The maximum atomic E-state index is 12.2. The third-order valence-electron chi connectivity index (χ3n) is 5.37. The molecule has 3 heterocycles. The number of rotatable bonds is 5. The van der Waals surface area contributed by atoms with Gasteiger partial charge in [0.1, 0.15) is 0 Å². The topological polar surface area (TPSA) is 56.0 Å². The van der Waals surface area contributed by atoms with Crippen molar-refractivity contribution in [3.8, 4) is 0 Å². The molecule has 0 atom stereocenters. The first kappa shape index (κ1) is 15.6. The molecule has 0 radical (unpaired) electrons. The van der Waals surface area contributed by atoms with Gasteiger partial charge in [0.25, 0.3) is 5.56 Å². The van der Waals surface area contributed by atoms with Gasteiger partial charge >= 0.3 is 0 Å². The van der Waals surface area contributed by atoms with Gasteiger partial charge in [0, 0.05) is 31.5 Å². The lowest BCUT2D eigenvalue weighted by molar-refractivity contribution is 0.163. The van der Waals surface area contributed by atoms with Crippen LogP contribution in [0.25, 0.3) is 0 Å². The van der Waals surface area contributed by atoms with Crippen LogP contribution in [0.3, 0.4) is 0 Å². The van der Waals surface area contributed by atoms with Crippen molar-refractivity contribution >= 4 is 0 Å². The van der Waals surface area contributed by atoms with Crippen molar-refractivity contribution in [2.45, 2.75) is 45.2 Å². The van der Waals surface area contributed by atoms with Gasteiger partial charge < -0.3 is 4.90 Å². The Kier molecular flexibility index (Phi) is 4.47. The van der Waals surface area contributed by atoms with Crippen LogP contribution in [-0.4, -0.2) is 44.1 Å². The predicted molar refractivity (Wildman–Crippen MR) is 91.9 cm³/mol. The first-order valence-corrected chi connectivity index (χ1v) is 9.07. The molecule has 6 nitrogen and oxygen atoms in total. The lowest BCUT2D eigenvalue weighted by atomic mass is 9.97. The minimum atomic E-state index is 0.0803. The van der Waals surface area contributed by atoms with Crippen LogP contribution in [0.15, 0.2) is 29.3 Å². The summed E-state index contributed by atoms with van der Waals surface area (Å²) in [6, 6.07) is 3.78. The quantitative estimate of drug-likeness (QED) is 0.832. The summed E-state index contributed by atoms with van der Waals surface area (Å²) < 4.78 is 3.70. The molecule has 0 bridgehead atoms. The molecule has 1 saturated heterocycles. The second-order valence-corrected chi connectivity index (χ2v) is 7.04. The van der Waals surface area contributed by atoms with E-state index in [0.29, 0.717) is 5.92 Å². The zero-order chi connectivity index (χ0) is 16.4. The molecule has 6 heteroatoms. The van der Waals surface area contributed by atoms with Gasteiger partial charge in [0.2, 0.25) is 0 Å². The van der Waals surface area contributed by atoms with Crippen molar-refractivity contribution in [3.63, 3.8) is 0 Å². The molecule has 0 aromatic carbocycles. The number of likely N-dealkylation sites (tertiary alicyclic amines) is 1. The van der Waals surface area contributed by atoms with Crippen LogP contribution in [0.5, 0.6) is 0 Å². The summed E-state index contributed by atoms with van der Waals surface area (Å²) in [5.41, 5.74) is 2.40. The Bertz CT molecular complexity index is 728. The Morgan fingerprint density at radius 1 is 1.17 bits per heavy atom. The van der Waals surface area contributed by atoms with Crippen LogP contribution < -0.4 is 5.56 Å². The number of hydrogen-bond donors (Lipinski definition) is 0. The molecule has 0 saturated carbocycles. The highest BCUT2D eigenvalue weighted by molar-refractivity contribution is 5.22. The van der Waals surface area contributed by atoms with Gasteiger partial charge in [-0.05, 0) is 62.7 Å². The largest absolute Gasteiger partial charge is 0.301 e. The third kappa shape index (κ3) is 3.43. The number of nitrogens with zero attached hydrogens (tertiary/aromatic N) is 5. The molecule has 2 aromatic rings. The SMILES string of the molecule is O=c1cc2c(nn1CC1CCN(CCn3cccn3)CC1)CCC2. The van der Waals surface area contributed by atoms with E-state index in [9.17, 15) is 4.79 Å². The Morgan fingerprint density at radius 2 is 2.04 bits per heavy atom. The van der Waals surface area contributed by atoms with Crippen LogP contribution in [0.2, 0.25) is 0 Å². The van der Waals surface area contributed by atoms with E-state index in [2.05, 4.69) is 15.1 Å². The third-order valence-corrected chi connectivity index (χ3v) is 5.37. The van der Waals surface area contributed by atoms with Gasteiger partial charge in [-0.25, -0.2) is 4.68 Å². The van der Waals surface area contributed by atoms with Crippen LogP contribution in [0.4, 0.5) is 0 Å². The fourth-order valence-corrected chi connectivity index (χ4v) is 3.88. The Morgan fingerprint density at radius 3 is 2.83 bits per heavy atom. The van der Waals surface area contributed by atoms with Gasteiger partial charge in [0.05, 0.1) is 12.2 Å². The minimum absolute atomic E-state index is 0.0803. The summed E-state index contributed by atoms with van der Waals surface area (Å²) in [7, 11) is 0. The normalized spacial score (nSPS) is 18.8. The van der Waals surface area contributed by atoms with E-state index < -0.39 is 0 Å².